The molecule has 0 atom stereocenters. The fraction of sp³-hybridized carbons (Fsp3) is 0.0952. The Kier molecular flexibility index (Phi) is 5.33. The molecule has 0 N–H and O–H groups in total. The zero-order valence-corrected chi connectivity index (χ0v) is 16.5. The van der Waals surface area contributed by atoms with Gasteiger partial charge in [0.2, 0.25) is 0 Å². The molecule has 0 radical (unpaired) electrons. The Morgan fingerprint density at radius 2 is 1.57 bits per heavy atom. The van der Waals surface area contributed by atoms with Gasteiger partial charge in [0.05, 0.1) is 17.8 Å². The number of carbonyl (C=O) groups excluding carboxylic acids is 1. The van der Waals surface area contributed by atoms with Crippen molar-refractivity contribution in [2.24, 2.45) is 0 Å². The number of ether oxygens (including phenoxy) is 1. The monoisotopic (exact) mass is 428 g/mol. The normalized spacial score (nSPS) is 10.9. The van der Waals surface area contributed by atoms with Crippen molar-refractivity contribution >= 4 is 17.6 Å². The average Bonchev–Trinajstić information content (AvgIpc) is 3.34. The minimum absolute atomic E-state index is 0.130. The first-order valence-corrected chi connectivity index (χ1v) is 9.24. The molecule has 4 aromatic rings. The maximum atomic E-state index is 13.4. The number of benzene rings is 2. The van der Waals surface area contributed by atoms with E-state index >= 15 is 0 Å². The van der Waals surface area contributed by atoms with E-state index in [2.05, 4.69) is 14.9 Å². The summed E-state index contributed by atoms with van der Waals surface area (Å²) in [7, 11) is 1.27. The zero-order chi connectivity index (χ0) is 21.3. The Balaban J connectivity index is 1.80. The van der Waals surface area contributed by atoms with Crippen LogP contribution in [0.4, 0.5) is 8.78 Å². The third-order valence-electron chi connectivity index (χ3n) is 4.44. The van der Waals surface area contributed by atoms with Gasteiger partial charge >= 0.3 is 5.97 Å². The molecule has 30 heavy (non-hydrogen) atoms. The van der Waals surface area contributed by atoms with Crippen LogP contribution in [0.2, 0.25) is 5.02 Å². The fourth-order valence-electron chi connectivity index (χ4n) is 3.01. The molecule has 9 heteroatoms. The van der Waals surface area contributed by atoms with E-state index in [0.717, 1.165) is 0 Å². The molecule has 0 unspecified atom stereocenters. The SMILES string of the molecule is COC(=O)c1ccn(Cn2nc(-c3ccc(F)cc3)c(Cl)c2-c2ccc(F)cc2)n1. The van der Waals surface area contributed by atoms with Gasteiger partial charge in [-0.3, -0.25) is 4.68 Å². The number of esters is 1. The molecule has 0 amide bonds. The van der Waals surface area contributed by atoms with Crippen LogP contribution in [-0.4, -0.2) is 32.6 Å². The molecule has 2 aromatic carbocycles. The van der Waals surface area contributed by atoms with Crippen LogP contribution in [0.5, 0.6) is 0 Å². The van der Waals surface area contributed by atoms with Gasteiger partial charge in [-0.2, -0.15) is 10.2 Å². The topological polar surface area (TPSA) is 61.9 Å². The molecule has 4 rings (SSSR count). The summed E-state index contributed by atoms with van der Waals surface area (Å²) >= 11 is 6.65. The molecule has 0 aliphatic heterocycles. The minimum Gasteiger partial charge on any atom is -0.464 e. The summed E-state index contributed by atoms with van der Waals surface area (Å²) < 4.78 is 34.5. The van der Waals surface area contributed by atoms with Crippen LogP contribution in [0.3, 0.4) is 0 Å². The second kappa shape index (κ2) is 8.08. The van der Waals surface area contributed by atoms with Crippen LogP contribution < -0.4 is 0 Å². The zero-order valence-electron chi connectivity index (χ0n) is 15.7. The van der Waals surface area contributed by atoms with Gasteiger partial charge in [0.1, 0.15) is 24.0 Å². The van der Waals surface area contributed by atoms with Crippen LogP contribution >= 0.6 is 11.6 Å². The average molecular weight is 429 g/mol. The van der Waals surface area contributed by atoms with Crippen LogP contribution in [0.15, 0.2) is 60.8 Å². The summed E-state index contributed by atoms with van der Waals surface area (Å²) in [6, 6.07) is 13.1. The number of aromatic nitrogens is 4. The number of methoxy groups -OCH3 is 1. The number of hydrogen-bond acceptors (Lipinski definition) is 4. The van der Waals surface area contributed by atoms with Crippen LogP contribution in [0.1, 0.15) is 10.5 Å². The summed E-state index contributed by atoms with van der Waals surface area (Å²) in [5.41, 5.74) is 2.39. The molecule has 2 heterocycles. The van der Waals surface area contributed by atoms with E-state index in [4.69, 9.17) is 11.6 Å². The maximum absolute atomic E-state index is 13.4. The lowest BCUT2D eigenvalue weighted by atomic mass is 10.1. The van der Waals surface area contributed by atoms with Crippen molar-refractivity contribution in [3.63, 3.8) is 0 Å². The van der Waals surface area contributed by atoms with Gasteiger partial charge < -0.3 is 4.74 Å². The Morgan fingerprint density at radius 1 is 0.967 bits per heavy atom. The van der Waals surface area contributed by atoms with E-state index in [1.54, 1.807) is 35.1 Å². The van der Waals surface area contributed by atoms with Gasteiger partial charge in [0.25, 0.3) is 0 Å². The number of carbonyl (C=O) groups is 1. The highest BCUT2D eigenvalue weighted by Crippen LogP contribution is 2.36. The summed E-state index contributed by atoms with van der Waals surface area (Å²) in [4.78, 5) is 11.7. The van der Waals surface area contributed by atoms with Gasteiger partial charge in [-0.1, -0.05) is 11.6 Å². The van der Waals surface area contributed by atoms with Crippen LogP contribution in [-0.2, 0) is 11.4 Å². The predicted octanol–water partition coefficient (Wildman–Crippen LogP) is 4.64. The van der Waals surface area contributed by atoms with Crippen molar-refractivity contribution in [1.82, 2.24) is 19.6 Å². The second-order valence-electron chi connectivity index (χ2n) is 6.40. The molecule has 0 aliphatic rings. The molecule has 152 valence electrons. The maximum Gasteiger partial charge on any atom is 0.358 e. The van der Waals surface area contributed by atoms with Crippen molar-refractivity contribution in [3.8, 4) is 22.5 Å². The number of nitrogens with zero attached hydrogens (tertiary/aromatic N) is 4. The van der Waals surface area contributed by atoms with E-state index in [1.807, 2.05) is 0 Å². The molecule has 0 aliphatic carbocycles. The second-order valence-corrected chi connectivity index (χ2v) is 6.78. The molecule has 0 spiro atoms. The summed E-state index contributed by atoms with van der Waals surface area (Å²) in [6.45, 7) is 0.130. The van der Waals surface area contributed by atoms with Crippen molar-refractivity contribution in [3.05, 3.63) is 83.1 Å². The van der Waals surface area contributed by atoms with Gasteiger partial charge in [0, 0.05) is 17.3 Å². The van der Waals surface area contributed by atoms with Crippen molar-refractivity contribution in [2.75, 3.05) is 7.11 Å². The standard InChI is InChI=1S/C21H15ClF2N4O2/c1-30-21(29)17-10-11-27(25-17)12-28-20(14-4-8-16(24)9-5-14)18(22)19(26-28)13-2-6-15(23)7-3-13/h2-11H,12H2,1H3. The van der Waals surface area contributed by atoms with E-state index in [9.17, 15) is 13.6 Å². The lowest BCUT2D eigenvalue weighted by Crippen LogP contribution is -2.13. The third kappa shape index (κ3) is 3.81. The summed E-state index contributed by atoms with van der Waals surface area (Å²) in [6.07, 6.45) is 1.61. The molecule has 6 nitrogen and oxygen atoms in total. The molecule has 0 saturated carbocycles. The van der Waals surface area contributed by atoms with E-state index in [1.165, 1.54) is 42.1 Å². The fourth-order valence-corrected chi connectivity index (χ4v) is 3.36. The van der Waals surface area contributed by atoms with E-state index in [-0.39, 0.29) is 24.0 Å². The van der Waals surface area contributed by atoms with Gasteiger partial charge in [-0.25, -0.2) is 18.3 Å². The third-order valence-corrected chi connectivity index (χ3v) is 4.80. The molecule has 0 fully saturated rings. The Morgan fingerprint density at radius 3 is 2.17 bits per heavy atom. The summed E-state index contributed by atoms with van der Waals surface area (Å²) in [5, 5.41) is 9.07. The predicted molar refractivity (Wildman–Crippen MR) is 107 cm³/mol. The lowest BCUT2D eigenvalue weighted by Gasteiger charge is -2.08. The van der Waals surface area contributed by atoms with Crippen molar-refractivity contribution in [1.29, 1.82) is 0 Å². The first-order chi connectivity index (χ1) is 14.5. The van der Waals surface area contributed by atoms with Crippen LogP contribution in [0, 0.1) is 11.6 Å². The van der Waals surface area contributed by atoms with Gasteiger partial charge in [0.15, 0.2) is 5.69 Å². The number of hydrogen-bond donors (Lipinski definition) is 0. The van der Waals surface area contributed by atoms with Crippen LogP contribution in [0.25, 0.3) is 22.5 Å². The summed E-state index contributed by atoms with van der Waals surface area (Å²) in [5.74, 6) is -1.31. The molecule has 0 saturated heterocycles. The number of rotatable bonds is 5. The number of halogens is 3. The minimum atomic E-state index is -0.557. The van der Waals surface area contributed by atoms with Gasteiger partial charge in [-0.15, -0.1) is 0 Å². The quantitative estimate of drug-likeness (QED) is 0.434. The van der Waals surface area contributed by atoms with E-state index < -0.39 is 5.97 Å². The highest BCUT2D eigenvalue weighted by Gasteiger charge is 2.20. The Bertz CT molecular complexity index is 1200. The smallest absolute Gasteiger partial charge is 0.358 e. The molecule has 0 bridgehead atoms. The largest absolute Gasteiger partial charge is 0.464 e. The Labute approximate surface area is 175 Å². The molecular formula is C21H15ClF2N4O2. The highest BCUT2D eigenvalue weighted by molar-refractivity contribution is 6.35. The molecule has 2 aromatic heterocycles. The first-order valence-electron chi connectivity index (χ1n) is 8.86. The molecular weight excluding hydrogens is 414 g/mol. The van der Waals surface area contributed by atoms with Crippen molar-refractivity contribution < 1.29 is 18.3 Å². The van der Waals surface area contributed by atoms with Gasteiger partial charge in [-0.05, 0) is 54.6 Å². The lowest BCUT2D eigenvalue weighted by molar-refractivity contribution is 0.0593. The van der Waals surface area contributed by atoms with Crippen molar-refractivity contribution in [2.45, 2.75) is 6.67 Å². The van der Waals surface area contributed by atoms with E-state index in [0.29, 0.717) is 27.5 Å². The Hall–Kier alpha value is -3.52. The highest BCUT2D eigenvalue weighted by atomic mass is 35.5. The first kappa shape index (κ1) is 19.8.